The Morgan fingerprint density at radius 1 is 1.55 bits per heavy atom. The van der Waals surface area contributed by atoms with Gasteiger partial charge in [0.2, 0.25) is 0 Å². The summed E-state index contributed by atoms with van der Waals surface area (Å²) in [5, 5.41) is 5.53. The highest BCUT2D eigenvalue weighted by Crippen LogP contribution is 2.22. The van der Waals surface area contributed by atoms with Gasteiger partial charge >= 0.3 is 5.97 Å². The Hall–Kier alpha value is -1.87. The highest BCUT2D eigenvalue weighted by atomic mass is 32.2. The Morgan fingerprint density at radius 2 is 2.30 bits per heavy atom. The zero-order chi connectivity index (χ0) is 14.8. The minimum absolute atomic E-state index is 0.0782. The molecule has 0 amide bonds. The van der Waals surface area contributed by atoms with Crippen molar-refractivity contribution in [3.63, 3.8) is 0 Å². The van der Waals surface area contributed by atoms with E-state index in [1.54, 1.807) is 18.4 Å². The van der Waals surface area contributed by atoms with Crippen LogP contribution in [0.25, 0.3) is 0 Å². The summed E-state index contributed by atoms with van der Waals surface area (Å²) in [5.74, 6) is -0.540. The van der Waals surface area contributed by atoms with E-state index in [1.165, 1.54) is 24.0 Å². The van der Waals surface area contributed by atoms with E-state index in [9.17, 15) is 13.2 Å². The molecule has 1 N–H and O–H groups in total. The molecule has 0 spiro atoms. The van der Waals surface area contributed by atoms with Gasteiger partial charge in [-0.3, -0.25) is 9.40 Å². The van der Waals surface area contributed by atoms with Crippen molar-refractivity contribution < 1.29 is 17.9 Å². The fourth-order valence-corrected chi connectivity index (χ4v) is 3.61. The highest BCUT2D eigenvalue weighted by molar-refractivity contribution is 7.94. The van der Waals surface area contributed by atoms with Gasteiger partial charge in [-0.2, -0.15) is 5.10 Å². The first-order chi connectivity index (χ1) is 9.45. The third kappa shape index (κ3) is 2.83. The Labute approximate surface area is 120 Å². The number of hydrogen-bond donors (Lipinski definition) is 1. The van der Waals surface area contributed by atoms with Gasteiger partial charge in [-0.05, 0) is 18.4 Å². The molecule has 20 heavy (non-hydrogen) atoms. The summed E-state index contributed by atoms with van der Waals surface area (Å²) in [5.41, 5.74) is 0.0782. The Bertz CT molecular complexity index is 704. The van der Waals surface area contributed by atoms with Crippen LogP contribution in [0.2, 0.25) is 0 Å². The number of aryl methyl sites for hydroxylation is 1. The van der Waals surface area contributed by atoms with Gasteiger partial charge in [0.15, 0.2) is 5.82 Å². The van der Waals surface area contributed by atoms with E-state index in [0.29, 0.717) is 0 Å². The second-order valence-electron chi connectivity index (χ2n) is 3.79. The second kappa shape index (κ2) is 5.63. The van der Waals surface area contributed by atoms with Crippen molar-refractivity contribution in [3.05, 3.63) is 29.3 Å². The van der Waals surface area contributed by atoms with Crippen LogP contribution in [0.3, 0.4) is 0 Å². The molecule has 7 nitrogen and oxygen atoms in total. The molecule has 0 saturated carbocycles. The first kappa shape index (κ1) is 14.5. The average molecular weight is 315 g/mol. The van der Waals surface area contributed by atoms with Crippen molar-refractivity contribution in [2.45, 2.75) is 11.1 Å². The first-order valence-electron chi connectivity index (χ1n) is 5.71. The molecular weight excluding hydrogens is 302 g/mol. The summed E-state index contributed by atoms with van der Waals surface area (Å²) < 4.78 is 33.0. The quantitative estimate of drug-likeness (QED) is 0.844. The van der Waals surface area contributed by atoms with Gasteiger partial charge in [-0.25, -0.2) is 13.2 Å². The van der Waals surface area contributed by atoms with Gasteiger partial charge in [-0.15, -0.1) is 11.3 Å². The van der Waals surface area contributed by atoms with E-state index >= 15 is 0 Å². The summed E-state index contributed by atoms with van der Waals surface area (Å²) in [6, 6.07) is 3.11. The molecule has 0 bridgehead atoms. The molecule has 0 aromatic carbocycles. The smallest absolute Gasteiger partial charge is 0.343 e. The van der Waals surface area contributed by atoms with E-state index in [4.69, 9.17) is 4.74 Å². The monoisotopic (exact) mass is 315 g/mol. The summed E-state index contributed by atoms with van der Waals surface area (Å²) in [4.78, 5) is 11.7. The fourth-order valence-electron chi connectivity index (χ4n) is 1.51. The molecular formula is C11H13N3O4S2. The van der Waals surface area contributed by atoms with Gasteiger partial charge in [0.25, 0.3) is 10.0 Å². The van der Waals surface area contributed by atoms with Gasteiger partial charge < -0.3 is 4.74 Å². The van der Waals surface area contributed by atoms with E-state index < -0.39 is 16.0 Å². The van der Waals surface area contributed by atoms with Gasteiger partial charge in [0, 0.05) is 7.05 Å². The molecule has 0 aliphatic heterocycles. The number of hydrogen-bond acceptors (Lipinski definition) is 6. The average Bonchev–Trinajstić information content (AvgIpc) is 3.01. The van der Waals surface area contributed by atoms with Crippen LogP contribution in [0.15, 0.2) is 27.9 Å². The van der Waals surface area contributed by atoms with Gasteiger partial charge in [0.1, 0.15) is 9.77 Å². The van der Waals surface area contributed by atoms with E-state index in [0.717, 1.165) is 11.3 Å². The molecule has 0 aliphatic carbocycles. The number of ether oxygens (including phenoxy) is 1. The van der Waals surface area contributed by atoms with Crippen molar-refractivity contribution >= 4 is 33.1 Å². The Kier molecular flexibility index (Phi) is 4.09. The van der Waals surface area contributed by atoms with Crippen molar-refractivity contribution in [1.29, 1.82) is 0 Å². The molecule has 0 unspecified atom stereocenters. The molecule has 9 heteroatoms. The highest BCUT2D eigenvalue weighted by Gasteiger charge is 2.23. The number of rotatable bonds is 5. The van der Waals surface area contributed by atoms with Gasteiger partial charge in [-0.1, -0.05) is 6.07 Å². The van der Waals surface area contributed by atoms with Crippen LogP contribution in [0, 0.1) is 0 Å². The van der Waals surface area contributed by atoms with Crippen LogP contribution in [0.5, 0.6) is 0 Å². The molecule has 2 rings (SSSR count). The van der Waals surface area contributed by atoms with Crippen LogP contribution in [0.1, 0.15) is 17.3 Å². The molecule has 0 radical (unpaired) electrons. The predicted molar refractivity (Wildman–Crippen MR) is 74.3 cm³/mol. The number of nitrogens with one attached hydrogen (secondary N) is 1. The van der Waals surface area contributed by atoms with Crippen LogP contribution in [0.4, 0.5) is 5.82 Å². The summed E-state index contributed by atoms with van der Waals surface area (Å²) in [6.07, 6.45) is 1.27. The number of anilines is 1. The molecule has 2 aromatic rings. The van der Waals surface area contributed by atoms with E-state index in [1.807, 2.05) is 0 Å². The third-order valence-electron chi connectivity index (χ3n) is 2.43. The van der Waals surface area contributed by atoms with Crippen LogP contribution in [-0.2, 0) is 21.8 Å². The molecule has 0 saturated heterocycles. The maximum atomic E-state index is 12.2. The van der Waals surface area contributed by atoms with Crippen LogP contribution < -0.4 is 4.72 Å². The standard InChI is InChI=1S/C11H13N3O4S2/c1-3-18-11(15)8-7-12-14(2)10(8)13-20(16,17)9-5-4-6-19-9/h4-7,13H,3H2,1-2H3. The van der Waals surface area contributed by atoms with E-state index in [-0.39, 0.29) is 22.2 Å². The zero-order valence-electron chi connectivity index (χ0n) is 10.9. The zero-order valence-corrected chi connectivity index (χ0v) is 12.5. The number of sulfonamides is 1. The molecule has 108 valence electrons. The molecule has 2 aromatic heterocycles. The topological polar surface area (TPSA) is 90.3 Å². The number of aromatic nitrogens is 2. The number of nitrogens with zero attached hydrogens (tertiary/aromatic N) is 2. The maximum Gasteiger partial charge on any atom is 0.343 e. The predicted octanol–water partition coefficient (Wildman–Crippen LogP) is 1.46. The minimum Gasteiger partial charge on any atom is -0.462 e. The fraction of sp³-hybridized carbons (Fsp3) is 0.273. The number of carbonyl (C=O) groups is 1. The maximum absolute atomic E-state index is 12.2. The summed E-state index contributed by atoms with van der Waals surface area (Å²) in [6.45, 7) is 1.87. The number of thiophene rings is 1. The Balaban J connectivity index is 2.35. The molecule has 2 heterocycles. The van der Waals surface area contributed by atoms with E-state index in [2.05, 4.69) is 9.82 Å². The number of carbonyl (C=O) groups excluding carboxylic acids is 1. The number of esters is 1. The lowest BCUT2D eigenvalue weighted by Crippen LogP contribution is -2.17. The molecule has 0 aliphatic rings. The SMILES string of the molecule is CCOC(=O)c1cnn(C)c1NS(=O)(=O)c1cccs1. The largest absolute Gasteiger partial charge is 0.462 e. The van der Waals surface area contributed by atoms with Gasteiger partial charge in [0.05, 0.1) is 12.8 Å². The lowest BCUT2D eigenvalue weighted by Gasteiger charge is -2.08. The minimum atomic E-state index is -3.73. The van der Waals surface area contributed by atoms with Crippen LogP contribution >= 0.6 is 11.3 Å². The second-order valence-corrected chi connectivity index (χ2v) is 6.65. The van der Waals surface area contributed by atoms with Crippen molar-refractivity contribution in [2.24, 2.45) is 7.05 Å². The van der Waals surface area contributed by atoms with Crippen molar-refractivity contribution in [1.82, 2.24) is 9.78 Å². The lowest BCUT2D eigenvalue weighted by molar-refractivity contribution is 0.0527. The van der Waals surface area contributed by atoms with Crippen molar-refractivity contribution in [2.75, 3.05) is 11.3 Å². The molecule has 0 fully saturated rings. The van der Waals surface area contributed by atoms with Crippen molar-refractivity contribution in [3.8, 4) is 0 Å². The summed E-state index contributed by atoms with van der Waals surface area (Å²) >= 11 is 1.09. The Morgan fingerprint density at radius 3 is 2.90 bits per heavy atom. The first-order valence-corrected chi connectivity index (χ1v) is 8.07. The summed E-state index contributed by atoms with van der Waals surface area (Å²) in [7, 11) is -2.20. The normalized spacial score (nSPS) is 11.3. The lowest BCUT2D eigenvalue weighted by atomic mass is 10.3. The third-order valence-corrected chi connectivity index (χ3v) is 5.16. The molecule has 0 atom stereocenters. The van der Waals surface area contributed by atoms with Crippen LogP contribution in [-0.4, -0.2) is 30.8 Å².